The Morgan fingerprint density at radius 3 is 2.35 bits per heavy atom. The lowest BCUT2D eigenvalue weighted by Crippen LogP contribution is -2.37. The van der Waals surface area contributed by atoms with Crippen LogP contribution in [0.25, 0.3) is 0 Å². The van der Waals surface area contributed by atoms with E-state index in [0.717, 1.165) is 0 Å². The first-order valence-electron chi connectivity index (χ1n) is 7.38. The van der Waals surface area contributed by atoms with Crippen LogP contribution in [0.3, 0.4) is 0 Å². The molecule has 1 aliphatic heterocycles. The normalized spacial score (nSPS) is 18.8. The van der Waals surface area contributed by atoms with E-state index in [1.165, 1.54) is 30.3 Å². The molecule has 0 aliphatic carbocycles. The van der Waals surface area contributed by atoms with Gasteiger partial charge in [0.05, 0.1) is 11.8 Å². The lowest BCUT2D eigenvalue weighted by atomic mass is 9.91. The standard InChI is InChI=1S/C17H11Cl2F3N2O2/c18-9-6-7-11(12(19)8-9)14(25)13-15(17(20,21)22)23-24(16(13)26)10-4-2-1-3-5-10/h1-8,13-14,25H/t13-,14+/m1/s1. The monoisotopic (exact) mass is 402 g/mol. The van der Waals surface area contributed by atoms with Gasteiger partial charge in [0.15, 0.2) is 5.71 Å². The Kier molecular flexibility index (Phi) is 4.96. The van der Waals surface area contributed by atoms with Gasteiger partial charge in [-0.25, -0.2) is 0 Å². The van der Waals surface area contributed by atoms with Crippen molar-refractivity contribution in [3.63, 3.8) is 0 Å². The molecule has 0 saturated heterocycles. The Labute approximate surface area is 156 Å². The molecule has 0 aromatic heterocycles. The quantitative estimate of drug-likeness (QED) is 0.814. The highest BCUT2D eigenvalue weighted by molar-refractivity contribution is 6.35. The van der Waals surface area contributed by atoms with Gasteiger partial charge >= 0.3 is 6.18 Å². The minimum absolute atomic E-state index is 0.0405. The number of halogens is 5. The lowest BCUT2D eigenvalue weighted by molar-refractivity contribution is -0.123. The van der Waals surface area contributed by atoms with Crippen LogP contribution >= 0.6 is 23.2 Å². The predicted molar refractivity (Wildman–Crippen MR) is 92.3 cm³/mol. The first kappa shape index (κ1) is 18.7. The summed E-state index contributed by atoms with van der Waals surface area (Å²) in [5, 5.41) is 14.8. The third-order valence-electron chi connectivity index (χ3n) is 3.87. The number of aliphatic hydroxyl groups excluding tert-OH is 1. The number of anilines is 1. The average molecular weight is 403 g/mol. The van der Waals surface area contributed by atoms with Crippen molar-refractivity contribution >= 4 is 40.5 Å². The number of rotatable bonds is 3. The number of nitrogens with zero attached hydrogens (tertiary/aromatic N) is 2. The second-order valence-electron chi connectivity index (χ2n) is 5.56. The summed E-state index contributed by atoms with van der Waals surface area (Å²) in [6.07, 6.45) is -6.73. The molecule has 0 saturated carbocycles. The highest BCUT2D eigenvalue weighted by Gasteiger charge is 2.53. The van der Waals surface area contributed by atoms with Crippen molar-refractivity contribution in [3.8, 4) is 0 Å². The highest BCUT2D eigenvalue weighted by atomic mass is 35.5. The summed E-state index contributed by atoms with van der Waals surface area (Å²) in [7, 11) is 0. The van der Waals surface area contributed by atoms with Crippen LogP contribution in [0, 0.1) is 5.92 Å². The molecule has 2 aromatic rings. The van der Waals surface area contributed by atoms with Gasteiger partial charge in [0.25, 0.3) is 5.91 Å². The van der Waals surface area contributed by atoms with Gasteiger partial charge in [-0.2, -0.15) is 23.3 Å². The van der Waals surface area contributed by atoms with Gasteiger partial charge in [0.1, 0.15) is 5.92 Å². The van der Waals surface area contributed by atoms with Gasteiger partial charge in [0, 0.05) is 15.6 Å². The van der Waals surface area contributed by atoms with E-state index in [-0.39, 0.29) is 21.3 Å². The molecule has 26 heavy (non-hydrogen) atoms. The molecular weight excluding hydrogens is 392 g/mol. The van der Waals surface area contributed by atoms with Gasteiger partial charge in [-0.15, -0.1) is 0 Å². The van der Waals surface area contributed by atoms with Crippen LogP contribution in [0.1, 0.15) is 11.7 Å². The summed E-state index contributed by atoms with van der Waals surface area (Å²) < 4.78 is 40.3. The van der Waals surface area contributed by atoms with E-state index in [1.54, 1.807) is 18.2 Å². The molecule has 1 heterocycles. The number of aliphatic hydroxyl groups is 1. The fourth-order valence-electron chi connectivity index (χ4n) is 2.66. The zero-order valence-electron chi connectivity index (χ0n) is 12.9. The molecule has 136 valence electrons. The van der Waals surface area contributed by atoms with E-state index in [2.05, 4.69) is 5.10 Å². The fraction of sp³-hybridized carbons (Fsp3) is 0.176. The van der Waals surface area contributed by atoms with Crippen molar-refractivity contribution in [1.29, 1.82) is 0 Å². The Hall–Kier alpha value is -2.09. The summed E-state index contributed by atoms with van der Waals surface area (Å²) in [4.78, 5) is 12.6. The summed E-state index contributed by atoms with van der Waals surface area (Å²) in [5.74, 6) is -2.93. The molecule has 0 unspecified atom stereocenters. The molecule has 0 fully saturated rings. The molecule has 2 atom stereocenters. The Balaban J connectivity index is 2.04. The number of para-hydroxylation sites is 1. The van der Waals surface area contributed by atoms with Crippen LogP contribution in [0.15, 0.2) is 53.6 Å². The SMILES string of the molecule is O=C1[C@H]([C@@H](O)c2ccc(Cl)cc2Cl)C(C(F)(F)F)=NN1c1ccccc1. The molecule has 0 radical (unpaired) electrons. The second kappa shape index (κ2) is 6.90. The maximum absolute atomic E-state index is 13.4. The van der Waals surface area contributed by atoms with Crippen molar-refractivity contribution in [2.45, 2.75) is 12.3 Å². The molecule has 1 amide bonds. The first-order chi connectivity index (χ1) is 12.2. The maximum atomic E-state index is 13.4. The fourth-order valence-corrected chi connectivity index (χ4v) is 3.18. The average Bonchev–Trinajstić information content (AvgIpc) is 2.93. The highest BCUT2D eigenvalue weighted by Crippen LogP contribution is 2.40. The third kappa shape index (κ3) is 3.42. The smallest absolute Gasteiger partial charge is 0.387 e. The first-order valence-corrected chi connectivity index (χ1v) is 8.13. The van der Waals surface area contributed by atoms with Gasteiger partial charge in [-0.1, -0.05) is 47.5 Å². The number of carbonyl (C=O) groups excluding carboxylic acids is 1. The zero-order valence-corrected chi connectivity index (χ0v) is 14.4. The van der Waals surface area contributed by atoms with E-state index < -0.39 is 29.8 Å². The zero-order chi connectivity index (χ0) is 19.1. The van der Waals surface area contributed by atoms with Gasteiger partial charge in [-0.3, -0.25) is 4.79 Å². The largest absolute Gasteiger partial charge is 0.432 e. The lowest BCUT2D eigenvalue weighted by Gasteiger charge is -2.21. The molecular formula is C17H11Cl2F3N2O2. The van der Waals surface area contributed by atoms with E-state index in [4.69, 9.17) is 23.2 Å². The maximum Gasteiger partial charge on any atom is 0.432 e. The summed E-state index contributed by atoms with van der Waals surface area (Å²) in [6.45, 7) is 0. The Morgan fingerprint density at radius 2 is 1.77 bits per heavy atom. The number of hydrogen-bond donors (Lipinski definition) is 1. The number of carbonyl (C=O) groups is 1. The van der Waals surface area contributed by atoms with Gasteiger partial charge in [0.2, 0.25) is 0 Å². The molecule has 1 aliphatic rings. The summed E-state index contributed by atoms with van der Waals surface area (Å²) in [5.41, 5.74) is -1.26. The van der Waals surface area contributed by atoms with E-state index >= 15 is 0 Å². The van der Waals surface area contributed by atoms with Crippen molar-refractivity contribution in [3.05, 3.63) is 64.1 Å². The van der Waals surface area contributed by atoms with Gasteiger partial charge < -0.3 is 5.11 Å². The minimum atomic E-state index is -4.90. The number of hydrazone groups is 1. The third-order valence-corrected chi connectivity index (χ3v) is 4.43. The molecule has 3 rings (SSSR count). The topological polar surface area (TPSA) is 52.9 Å². The van der Waals surface area contributed by atoms with Crippen LogP contribution in [0.5, 0.6) is 0 Å². The number of benzene rings is 2. The Morgan fingerprint density at radius 1 is 1.12 bits per heavy atom. The number of hydrogen-bond acceptors (Lipinski definition) is 3. The number of amides is 1. The van der Waals surface area contributed by atoms with Crippen LogP contribution in [0.2, 0.25) is 10.0 Å². The second-order valence-corrected chi connectivity index (χ2v) is 6.40. The van der Waals surface area contributed by atoms with E-state index in [1.807, 2.05) is 0 Å². The number of alkyl halides is 3. The molecule has 4 nitrogen and oxygen atoms in total. The van der Waals surface area contributed by atoms with Crippen molar-refractivity contribution in [1.82, 2.24) is 0 Å². The minimum Gasteiger partial charge on any atom is -0.387 e. The van der Waals surface area contributed by atoms with Crippen LogP contribution in [-0.4, -0.2) is 22.9 Å². The van der Waals surface area contributed by atoms with Crippen molar-refractivity contribution in [2.75, 3.05) is 5.01 Å². The van der Waals surface area contributed by atoms with E-state index in [0.29, 0.717) is 5.01 Å². The molecule has 2 aromatic carbocycles. The van der Waals surface area contributed by atoms with Crippen molar-refractivity contribution in [2.24, 2.45) is 11.0 Å². The van der Waals surface area contributed by atoms with Crippen molar-refractivity contribution < 1.29 is 23.1 Å². The van der Waals surface area contributed by atoms with Crippen LogP contribution < -0.4 is 5.01 Å². The molecule has 1 N–H and O–H groups in total. The van der Waals surface area contributed by atoms with Gasteiger partial charge in [-0.05, 0) is 24.3 Å². The molecule has 9 heteroatoms. The summed E-state index contributed by atoms with van der Waals surface area (Å²) in [6, 6.07) is 11.6. The van der Waals surface area contributed by atoms with E-state index in [9.17, 15) is 23.1 Å². The molecule has 0 bridgehead atoms. The summed E-state index contributed by atoms with van der Waals surface area (Å²) >= 11 is 11.7. The van der Waals surface area contributed by atoms with Crippen LogP contribution in [0.4, 0.5) is 18.9 Å². The van der Waals surface area contributed by atoms with Crippen LogP contribution in [-0.2, 0) is 4.79 Å². The Bertz CT molecular complexity index is 872. The predicted octanol–water partition coefficient (Wildman–Crippen LogP) is 4.61. The molecule has 0 spiro atoms.